The minimum atomic E-state index is -0.375. The van der Waals surface area contributed by atoms with Gasteiger partial charge in [-0.25, -0.2) is 0 Å². The molecule has 0 fully saturated rings. The van der Waals surface area contributed by atoms with Crippen LogP contribution < -0.4 is 4.74 Å². The SMILES string of the molecule is CCCCCCOc1nsnc1C1=CCC[N+](C)(C(OC(=O)C(C)C)c2ccccc2)C1. The summed E-state index contributed by atoms with van der Waals surface area (Å²) in [5.41, 5.74) is 2.95. The minimum Gasteiger partial charge on any atom is -0.475 e. The van der Waals surface area contributed by atoms with Crippen LogP contribution in [0.2, 0.25) is 0 Å². The molecule has 1 aromatic carbocycles. The fraction of sp³-hybridized carbons (Fsp3) is 0.560. The van der Waals surface area contributed by atoms with Crippen LogP contribution in [0, 0.1) is 5.92 Å². The number of rotatable bonds is 11. The molecular weight excluding hydrogens is 422 g/mol. The molecule has 1 aliphatic heterocycles. The number of hydrogen-bond donors (Lipinski definition) is 0. The Labute approximate surface area is 196 Å². The Bertz CT molecular complexity index is 897. The van der Waals surface area contributed by atoms with E-state index < -0.39 is 0 Å². The Morgan fingerprint density at radius 2 is 1.94 bits per heavy atom. The van der Waals surface area contributed by atoms with E-state index in [0.29, 0.717) is 23.5 Å². The Kier molecular flexibility index (Phi) is 8.82. The van der Waals surface area contributed by atoms with Crippen molar-refractivity contribution in [2.75, 3.05) is 26.7 Å². The lowest BCUT2D eigenvalue weighted by molar-refractivity contribution is -0.953. The molecule has 1 aromatic heterocycles. The van der Waals surface area contributed by atoms with E-state index in [1.165, 1.54) is 31.0 Å². The molecule has 0 radical (unpaired) electrons. The van der Waals surface area contributed by atoms with Crippen LogP contribution in [0.15, 0.2) is 36.4 Å². The van der Waals surface area contributed by atoms with Gasteiger partial charge in [-0.15, -0.1) is 4.37 Å². The van der Waals surface area contributed by atoms with Crippen molar-refractivity contribution in [3.05, 3.63) is 47.7 Å². The van der Waals surface area contributed by atoms with Crippen molar-refractivity contribution >= 4 is 23.3 Å². The summed E-state index contributed by atoms with van der Waals surface area (Å²) in [5.74, 6) is 0.269. The molecule has 0 saturated carbocycles. The van der Waals surface area contributed by atoms with Gasteiger partial charge in [0.05, 0.1) is 43.4 Å². The lowest BCUT2D eigenvalue weighted by Crippen LogP contribution is -2.51. The summed E-state index contributed by atoms with van der Waals surface area (Å²) in [4.78, 5) is 12.6. The van der Waals surface area contributed by atoms with Gasteiger partial charge in [-0.05, 0) is 18.6 Å². The molecule has 174 valence electrons. The number of unbranched alkanes of at least 4 members (excludes halogenated alkanes) is 3. The Hall–Kier alpha value is -2.25. The molecule has 2 aromatic rings. The summed E-state index contributed by atoms with van der Waals surface area (Å²) in [6.45, 7) is 8.18. The first kappa shape index (κ1) is 24.4. The van der Waals surface area contributed by atoms with E-state index in [4.69, 9.17) is 9.47 Å². The van der Waals surface area contributed by atoms with Gasteiger partial charge in [0.15, 0.2) is 0 Å². The second-order valence-electron chi connectivity index (χ2n) is 9.06. The number of nitrogens with zero attached hydrogens (tertiary/aromatic N) is 3. The number of esters is 1. The molecule has 6 nitrogen and oxygen atoms in total. The van der Waals surface area contributed by atoms with Gasteiger partial charge >= 0.3 is 5.97 Å². The third-order valence-electron chi connectivity index (χ3n) is 5.91. The Morgan fingerprint density at radius 1 is 1.16 bits per heavy atom. The van der Waals surface area contributed by atoms with Gasteiger partial charge in [0.1, 0.15) is 12.2 Å². The molecule has 32 heavy (non-hydrogen) atoms. The topological polar surface area (TPSA) is 61.3 Å². The van der Waals surface area contributed by atoms with Crippen molar-refractivity contribution in [1.29, 1.82) is 0 Å². The summed E-state index contributed by atoms with van der Waals surface area (Å²) >= 11 is 1.19. The molecule has 0 N–H and O–H groups in total. The number of ether oxygens (including phenoxy) is 2. The zero-order valence-electron chi connectivity index (χ0n) is 19.8. The van der Waals surface area contributed by atoms with Crippen LogP contribution in [-0.4, -0.2) is 45.9 Å². The molecule has 3 rings (SSSR count). The largest absolute Gasteiger partial charge is 0.475 e. The monoisotopic (exact) mass is 458 g/mol. The van der Waals surface area contributed by atoms with Gasteiger partial charge in [0, 0.05) is 12.0 Å². The smallest absolute Gasteiger partial charge is 0.313 e. The Morgan fingerprint density at radius 3 is 2.66 bits per heavy atom. The van der Waals surface area contributed by atoms with E-state index in [1.54, 1.807) is 0 Å². The number of likely N-dealkylation sites (N-methyl/N-ethyl adjacent to an activating group) is 1. The number of carbonyl (C=O) groups excluding carboxylic acids is 1. The first-order valence-electron chi connectivity index (χ1n) is 11.7. The van der Waals surface area contributed by atoms with Crippen molar-refractivity contribution in [2.24, 2.45) is 5.92 Å². The van der Waals surface area contributed by atoms with Gasteiger partial charge in [0.25, 0.3) is 12.1 Å². The van der Waals surface area contributed by atoms with Crippen LogP contribution in [0.3, 0.4) is 0 Å². The lowest BCUT2D eigenvalue weighted by Gasteiger charge is -2.43. The van der Waals surface area contributed by atoms with Crippen molar-refractivity contribution in [1.82, 2.24) is 8.75 Å². The van der Waals surface area contributed by atoms with E-state index in [1.807, 2.05) is 44.2 Å². The zero-order valence-corrected chi connectivity index (χ0v) is 20.6. The summed E-state index contributed by atoms with van der Waals surface area (Å²) in [6.07, 6.45) is 7.36. The molecule has 0 aliphatic carbocycles. The molecule has 2 heterocycles. The predicted octanol–water partition coefficient (Wildman–Crippen LogP) is 5.63. The van der Waals surface area contributed by atoms with Crippen LogP contribution in [0.25, 0.3) is 5.57 Å². The second kappa shape index (κ2) is 11.6. The molecule has 0 amide bonds. The Balaban J connectivity index is 1.78. The first-order valence-corrected chi connectivity index (χ1v) is 12.4. The van der Waals surface area contributed by atoms with E-state index >= 15 is 0 Å². The third-order valence-corrected chi connectivity index (χ3v) is 6.42. The molecule has 1 aliphatic rings. The van der Waals surface area contributed by atoms with Gasteiger partial charge < -0.3 is 9.47 Å². The normalized spacial score (nSPS) is 19.5. The van der Waals surface area contributed by atoms with Gasteiger partial charge in [-0.3, -0.25) is 9.28 Å². The summed E-state index contributed by atoms with van der Waals surface area (Å²) in [5, 5.41) is 0. The molecular formula is C25H36N3O3S+. The van der Waals surface area contributed by atoms with E-state index in [0.717, 1.165) is 36.2 Å². The summed E-state index contributed by atoms with van der Waals surface area (Å²) in [7, 11) is 2.16. The van der Waals surface area contributed by atoms with Gasteiger partial charge in [0.2, 0.25) is 0 Å². The van der Waals surface area contributed by atoms with E-state index in [-0.39, 0.29) is 18.1 Å². The maximum absolute atomic E-state index is 12.6. The van der Waals surface area contributed by atoms with Gasteiger partial charge in [-0.1, -0.05) is 64.3 Å². The minimum absolute atomic E-state index is 0.178. The maximum Gasteiger partial charge on any atom is 0.313 e. The zero-order chi connectivity index (χ0) is 23.0. The van der Waals surface area contributed by atoms with Crippen LogP contribution in [0.1, 0.15) is 70.4 Å². The van der Waals surface area contributed by atoms with E-state index in [9.17, 15) is 4.79 Å². The average Bonchev–Trinajstić information content (AvgIpc) is 3.26. The van der Waals surface area contributed by atoms with Gasteiger partial charge in [-0.2, -0.15) is 4.37 Å². The van der Waals surface area contributed by atoms with E-state index in [2.05, 4.69) is 28.8 Å². The highest BCUT2D eigenvalue weighted by atomic mass is 32.1. The standard InChI is InChI=1S/C25H36N3O3S/c1-5-6-7-11-17-30-23-22(26-32-27-23)21-15-12-16-28(4,18-21)24(31-25(29)19(2)3)20-13-9-8-10-14-20/h8-10,13-15,19,24H,5-7,11-12,16-18H2,1-4H3/q+1. The number of hydrogen-bond acceptors (Lipinski definition) is 6. The molecule has 0 spiro atoms. The number of benzene rings is 1. The van der Waals surface area contributed by atoms with Crippen LogP contribution >= 0.6 is 11.7 Å². The van der Waals surface area contributed by atoms with Crippen molar-refractivity contribution in [3.63, 3.8) is 0 Å². The highest BCUT2D eigenvalue weighted by Crippen LogP contribution is 2.37. The van der Waals surface area contributed by atoms with Crippen molar-refractivity contribution in [2.45, 2.75) is 59.1 Å². The number of quaternary nitrogens is 1. The second-order valence-corrected chi connectivity index (χ2v) is 9.59. The lowest BCUT2D eigenvalue weighted by atomic mass is 10.0. The fourth-order valence-corrected chi connectivity index (χ4v) is 4.56. The highest BCUT2D eigenvalue weighted by molar-refractivity contribution is 6.99. The summed E-state index contributed by atoms with van der Waals surface area (Å²) in [6, 6.07) is 10.0. The van der Waals surface area contributed by atoms with Crippen molar-refractivity contribution < 1.29 is 18.8 Å². The molecule has 2 unspecified atom stereocenters. The molecule has 7 heteroatoms. The number of carbonyl (C=O) groups is 1. The maximum atomic E-state index is 12.6. The fourth-order valence-electron chi connectivity index (χ4n) is 4.03. The van der Waals surface area contributed by atoms with Crippen LogP contribution in [0.4, 0.5) is 0 Å². The van der Waals surface area contributed by atoms with Crippen LogP contribution in [-0.2, 0) is 9.53 Å². The molecule has 0 saturated heterocycles. The van der Waals surface area contributed by atoms with Crippen molar-refractivity contribution in [3.8, 4) is 5.88 Å². The molecule has 0 bridgehead atoms. The quantitative estimate of drug-likeness (QED) is 0.248. The summed E-state index contributed by atoms with van der Waals surface area (Å²) < 4.78 is 21.6. The van der Waals surface area contributed by atoms with Crippen LogP contribution in [0.5, 0.6) is 5.88 Å². The first-order chi connectivity index (χ1) is 15.4. The average molecular weight is 459 g/mol. The number of aromatic nitrogens is 2. The third kappa shape index (κ3) is 6.17. The predicted molar refractivity (Wildman–Crippen MR) is 128 cm³/mol. The highest BCUT2D eigenvalue weighted by Gasteiger charge is 2.40. The molecule has 2 atom stereocenters.